The summed E-state index contributed by atoms with van der Waals surface area (Å²) in [5.74, 6) is -1.96. The molecular formula is C45H50Cl2FN9O6. The quantitative estimate of drug-likeness (QED) is 0.0610. The largest absolute Gasteiger partial charge is 0.482 e. The molecule has 0 spiro atoms. The van der Waals surface area contributed by atoms with Crippen LogP contribution in [-0.2, 0) is 14.4 Å². The van der Waals surface area contributed by atoms with E-state index in [9.17, 15) is 28.4 Å². The average molecular weight is 903 g/mol. The van der Waals surface area contributed by atoms with Gasteiger partial charge in [0.1, 0.15) is 18.0 Å². The molecule has 6 heterocycles. The first-order valence-corrected chi connectivity index (χ1v) is 22.3. The van der Waals surface area contributed by atoms with Crippen molar-refractivity contribution in [3.05, 3.63) is 87.5 Å². The van der Waals surface area contributed by atoms with Crippen LogP contribution in [0.3, 0.4) is 0 Å². The Bertz CT molecular complexity index is 2420. The van der Waals surface area contributed by atoms with Crippen molar-refractivity contribution in [2.24, 2.45) is 0 Å². The van der Waals surface area contributed by atoms with E-state index in [2.05, 4.69) is 25.6 Å². The highest BCUT2D eigenvalue weighted by molar-refractivity contribution is 6.36. The molecule has 0 bridgehead atoms. The molecule has 1 unspecified atom stereocenters. The zero-order valence-corrected chi connectivity index (χ0v) is 36.5. The van der Waals surface area contributed by atoms with Crippen LogP contribution in [0.4, 0.5) is 15.9 Å². The van der Waals surface area contributed by atoms with E-state index in [-0.39, 0.29) is 57.8 Å². The molecule has 2 aromatic carbocycles. The Morgan fingerprint density at radius 2 is 1.75 bits per heavy atom. The molecule has 18 heteroatoms. The van der Waals surface area contributed by atoms with Gasteiger partial charge in [0.25, 0.3) is 11.8 Å². The molecule has 4 aromatic rings. The molecule has 332 valence electrons. The number of hydrogen-bond donors (Lipinski definition) is 3. The number of nitrogens with two attached hydrogens (primary N) is 1. The van der Waals surface area contributed by atoms with Gasteiger partial charge in [-0.3, -0.25) is 43.8 Å². The normalized spacial score (nSPS) is 19.0. The van der Waals surface area contributed by atoms with Crippen LogP contribution in [0, 0.1) is 5.82 Å². The van der Waals surface area contributed by atoms with Crippen LogP contribution >= 0.6 is 23.2 Å². The number of ether oxygens (including phenoxy) is 1. The molecule has 0 saturated carbocycles. The van der Waals surface area contributed by atoms with E-state index in [1.165, 1.54) is 12.1 Å². The maximum Gasteiger partial charge on any atom is 0.264 e. The van der Waals surface area contributed by atoms with Crippen molar-refractivity contribution in [3.8, 4) is 16.9 Å². The lowest BCUT2D eigenvalue weighted by atomic mass is 10.0. The zero-order chi connectivity index (χ0) is 44.4. The Balaban J connectivity index is 0.708. The van der Waals surface area contributed by atoms with Crippen molar-refractivity contribution < 1.29 is 33.1 Å². The average Bonchev–Trinajstić information content (AvgIpc) is 3.85. The molecule has 2 atom stereocenters. The van der Waals surface area contributed by atoms with Crippen LogP contribution in [0.5, 0.6) is 5.75 Å². The van der Waals surface area contributed by atoms with Gasteiger partial charge in [-0.15, -0.1) is 0 Å². The molecule has 0 radical (unpaired) electrons. The van der Waals surface area contributed by atoms with Crippen molar-refractivity contribution in [1.29, 1.82) is 0 Å². The Morgan fingerprint density at radius 1 is 0.984 bits per heavy atom. The Hall–Kier alpha value is -5.58. The third-order valence-corrected chi connectivity index (χ3v) is 13.2. The number of fused-ring (bicyclic) bond motifs is 1. The van der Waals surface area contributed by atoms with Crippen molar-refractivity contribution in [3.63, 3.8) is 0 Å². The van der Waals surface area contributed by atoms with Crippen molar-refractivity contribution in [2.45, 2.75) is 95.4 Å². The van der Waals surface area contributed by atoms with Gasteiger partial charge in [0.15, 0.2) is 11.6 Å². The molecule has 4 N–H and O–H groups in total. The third kappa shape index (κ3) is 9.53. The zero-order valence-electron chi connectivity index (χ0n) is 35.0. The highest BCUT2D eigenvalue weighted by atomic mass is 35.5. The van der Waals surface area contributed by atoms with Crippen LogP contribution in [0.1, 0.15) is 110 Å². The SMILES string of the molecule is C[C@@H](Oc1cc(-c2cnn(C3CCN(C(=O)CCCCCCCN4CC(Nc5cccc6c5C(=O)N(C5CCC(=O)NC5=O)C6=O)C4)CC3)c2)cnc1N)c1c(Cl)ccc(F)c1Cl. The summed E-state index contributed by atoms with van der Waals surface area (Å²) in [5, 5.41) is 10.5. The maximum atomic E-state index is 14.2. The number of unbranched alkanes of at least 4 members (excludes halogenated alkanes) is 4. The number of halogens is 3. The summed E-state index contributed by atoms with van der Waals surface area (Å²) < 4.78 is 22.2. The minimum atomic E-state index is -0.995. The third-order valence-electron chi connectivity index (χ3n) is 12.4. The number of rotatable bonds is 16. The minimum Gasteiger partial charge on any atom is -0.482 e. The second-order valence-corrected chi connectivity index (χ2v) is 17.5. The van der Waals surface area contributed by atoms with E-state index in [1.54, 1.807) is 43.6 Å². The van der Waals surface area contributed by atoms with Gasteiger partial charge in [-0.2, -0.15) is 5.10 Å². The summed E-state index contributed by atoms with van der Waals surface area (Å²) in [5.41, 5.74) is 9.17. The highest BCUT2D eigenvalue weighted by Crippen LogP contribution is 2.38. The molecule has 5 amide bonds. The predicted octanol–water partition coefficient (Wildman–Crippen LogP) is 6.81. The summed E-state index contributed by atoms with van der Waals surface area (Å²) in [4.78, 5) is 73.3. The molecule has 4 aliphatic rings. The van der Waals surface area contributed by atoms with Crippen LogP contribution < -0.4 is 21.1 Å². The lowest BCUT2D eigenvalue weighted by Crippen LogP contribution is -2.55. The number of benzene rings is 2. The number of imide groups is 2. The summed E-state index contributed by atoms with van der Waals surface area (Å²) in [6, 6.07) is 8.81. The molecule has 15 nitrogen and oxygen atoms in total. The van der Waals surface area contributed by atoms with Crippen LogP contribution in [0.25, 0.3) is 11.1 Å². The van der Waals surface area contributed by atoms with E-state index in [4.69, 9.17) is 33.7 Å². The van der Waals surface area contributed by atoms with Gasteiger partial charge in [-0.1, -0.05) is 48.5 Å². The van der Waals surface area contributed by atoms with Gasteiger partial charge in [0.2, 0.25) is 17.7 Å². The lowest BCUT2D eigenvalue weighted by Gasteiger charge is -2.40. The van der Waals surface area contributed by atoms with E-state index in [1.807, 2.05) is 15.8 Å². The van der Waals surface area contributed by atoms with Gasteiger partial charge in [-0.05, 0) is 75.9 Å². The first-order chi connectivity index (χ1) is 30.4. The molecule has 3 saturated heterocycles. The summed E-state index contributed by atoms with van der Waals surface area (Å²) in [7, 11) is 0. The number of aromatic nitrogens is 3. The Morgan fingerprint density at radius 3 is 2.52 bits per heavy atom. The first-order valence-electron chi connectivity index (χ1n) is 21.6. The van der Waals surface area contributed by atoms with Crippen LogP contribution in [0.2, 0.25) is 10.0 Å². The van der Waals surface area contributed by atoms with Gasteiger partial charge in [0.05, 0.1) is 34.4 Å². The fourth-order valence-electron chi connectivity index (χ4n) is 8.94. The Labute approximate surface area is 374 Å². The first kappa shape index (κ1) is 44.0. The minimum absolute atomic E-state index is 0.0776. The number of hydrogen-bond acceptors (Lipinski definition) is 11. The predicted molar refractivity (Wildman–Crippen MR) is 235 cm³/mol. The molecule has 3 fully saturated rings. The Kier molecular flexibility index (Phi) is 13.3. The summed E-state index contributed by atoms with van der Waals surface area (Å²) in [6.45, 7) is 5.66. The summed E-state index contributed by atoms with van der Waals surface area (Å²) >= 11 is 12.5. The second kappa shape index (κ2) is 19.0. The van der Waals surface area contributed by atoms with Crippen molar-refractivity contribution >= 4 is 64.2 Å². The number of carbonyl (C=O) groups is 5. The van der Waals surface area contributed by atoms with E-state index >= 15 is 0 Å². The number of piperidine rings is 2. The second-order valence-electron chi connectivity index (χ2n) is 16.7. The standard InChI is InChI=1S/C45H50Cl2FN9O6/c1-26(39-32(46)11-12-33(48)41(39)47)63-36-20-27(21-50-42(36)49)28-22-51-56(23-28)30-15-18-55(19-16-30)38(59)10-5-3-2-4-6-17-54-24-29(25-54)52-34-9-7-8-31-40(34)45(62)57(44(31)61)35-13-14-37(58)53-43(35)60/h7-9,11-12,20-23,26,29-30,35,52H,2-6,10,13-19,24-25H2,1H3,(H2,49,50)(H,53,58,60)/t26-,35?/m1/s1. The number of carbonyl (C=O) groups excluding carboxylic acids is 5. The lowest BCUT2D eigenvalue weighted by molar-refractivity contribution is -0.136. The van der Waals surface area contributed by atoms with E-state index in [0.29, 0.717) is 36.5 Å². The molecule has 63 heavy (non-hydrogen) atoms. The molecule has 2 aromatic heterocycles. The van der Waals surface area contributed by atoms with E-state index < -0.39 is 41.6 Å². The van der Waals surface area contributed by atoms with Gasteiger partial charge >= 0.3 is 0 Å². The maximum absolute atomic E-state index is 14.2. The molecule has 4 aliphatic heterocycles. The van der Waals surface area contributed by atoms with Crippen molar-refractivity contribution in [2.75, 3.05) is 43.8 Å². The van der Waals surface area contributed by atoms with Gasteiger partial charge < -0.3 is 20.7 Å². The number of nitrogen functional groups attached to an aromatic ring is 1. The smallest absolute Gasteiger partial charge is 0.264 e. The molecule has 0 aliphatic carbocycles. The van der Waals surface area contributed by atoms with Crippen LogP contribution in [0.15, 0.2) is 55.0 Å². The van der Waals surface area contributed by atoms with Gasteiger partial charge in [0, 0.05) is 78.8 Å². The fraction of sp³-hybridized carbons (Fsp3) is 0.444. The number of nitrogens with one attached hydrogen (secondary N) is 2. The molecule has 8 rings (SSSR count). The number of amides is 5. The van der Waals surface area contributed by atoms with Crippen molar-refractivity contribution in [1.82, 2.24) is 34.8 Å². The van der Waals surface area contributed by atoms with Crippen LogP contribution in [-0.4, -0.2) is 104 Å². The molecular weight excluding hydrogens is 852 g/mol. The topological polar surface area (TPSA) is 185 Å². The number of likely N-dealkylation sites (tertiary alicyclic amines) is 2. The van der Waals surface area contributed by atoms with Gasteiger partial charge in [-0.25, -0.2) is 9.37 Å². The number of anilines is 2. The highest BCUT2D eigenvalue weighted by Gasteiger charge is 2.46. The summed E-state index contributed by atoms with van der Waals surface area (Å²) in [6.07, 6.45) is 12.1. The fourth-order valence-corrected chi connectivity index (χ4v) is 9.62. The van der Waals surface area contributed by atoms with E-state index in [0.717, 1.165) is 80.6 Å². The monoisotopic (exact) mass is 901 g/mol. The number of nitrogens with zero attached hydrogens (tertiary/aromatic N) is 6. The number of pyridine rings is 1.